The van der Waals surface area contributed by atoms with Crippen molar-refractivity contribution in [3.05, 3.63) is 0 Å². The first-order chi connectivity index (χ1) is 13.9. The molecule has 0 aliphatic heterocycles. The summed E-state index contributed by atoms with van der Waals surface area (Å²) in [5.41, 5.74) is 0. The zero-order valence-electron chi connectivity index (χ0n) is 16.1. The molecule has 0 aromatic carbocycles. The Labute approximate surface area is 172 Å². The molecule has 15 nitrogen and oxygen atoms in total. The summed E-state index contributed by atoms with van der Waals surface area (Å²) in [5.74, 6) is 0. The summed E-state index contributed by atoms with van der Waals surface area (Å²) in [6.07, 6.45) is -12.9. The van der Waals surface area contributed by atoms with Gasteiger partial charge in [0.05, 0.1) is 39.6 Å². The quantitative estimate of drug-likeness (QED) is 0.130. The Morgan fingerprint density at radius 2 is 0.367 bits per heavy atom. The van der Waals surface area contributed by atoms with Gasteiger partial charge in [0, 0.05) is 0 Å². The van der Waals surface area contributed by atoms with Crippen molar-refractivity contribution < 1.29 is 76.6 Å². The molecule has 0 aliphatic carbocycles. The highest BCUT2D eigenvalue weighted by molar-refractivity contribution is 4.74. The smallest absolute Gasteiger partial charge is 0.110 e. The molecule has 0 aliphatic rings. The molecule has 0 saturated carbocycles. The third-order valence-corrected chi connectivity index (χ3v) is 3.49. The molecule has 0 spiro atoms. The van der Waals surface area contributed by atoms with Gasteiger partial charge in [0.15, 0.2) is 0 Å². The van der Waals surface area contributed by atoms with Gasteiger partial charge in [-0.1, -0.05) is 0 Å². The first-order valence-electron chi connectivity index (χ1n) is 8.67. The van der Waals surface area contributed by atoms with Crippen molar-refractivity contribution in [3.63, 3.8) is 0 Å². The molecule has 0 aromatic heterocycles. The van der Waals surface area contributed by atoms with Crippen LogP contribution in [0.15, 0.2) is 0 Å². The number of aliphatic hydroxyl groups excluding tert-OH is 15. The maximum Gasteiger partial charge on any atom is 0.110 e. The fourth-order valence-electron chi connectivity index (χ4n) is 1.42. The molecule has 0 bridgehead atoms. The molecule has 0 fully saturated rings. The Morgan fingerprint density at radius 3 is 0.433 bits per heavy atom. The van der Waals surface area contributed by atoms with E-state index in [1.807, 2.05) is 0 Å². The zero-order chi connectivity index (χ0) is 24.4. The van der Waals surface area contributed by atoms with Gasteiger partial charge in [-0.3, -0.25) is 0 Å². The molecular weight excluding hydrogens is 420 g/mol. The van der Waals surface area contributed by atoms with Crippen molar-refractivity contribution in [1.82, 2.24) is 0 Å². The predicted molar refractivity (Wildman–Crippen MR) is 96.6 cm³/mol. The zero-order valence-corrected chi connectivity index (χ0v) is 16.1. The van der Waals surface area contributed by atoms with Crippen molar-refractivity contribution in [3.8, 4) is 0 Å². The minimum absolute atomic E-state index is 0.641. The van der Waals surface area contributed by atoms with E-state index in [2.05, 4.69) is 0 Å². The van der Waals surface area contributed by atoms with E-state index < -0.39 is 94.6 Å². The van der Waals surface area contributed by atoms with Crippen LogP contribution in [-0.4, -0.2) is 171 Å². The molecular formula is C15H36O15. The van der Waals surface area contributed by atoms with Gasteiger partial charge in [0.1, 0.15) is 54.9 Å². The van der Waals surface area contributed by atoms with Crippen molar-refractivity contribution >= 4 is 0 Å². The number of hydrogen-bond donors (Lipinski definition) is 15. The van der Waals surface area contributed by atoms with Crippen molar-refractivity contribution in [2.75, 3.05) is 39.6 Å². The van der Waals surface area contributed by atoms with Crippen LogP contribution in [0.3, 0.4) is 0 Å². The maximum absolute atomic E-state index is 8.77. The van der Waals surface area contributed by atoms with Crippen LogP contribution in [0.5, 0.6) is 0 Å². The number of aliphatic hydroxyl groups is 15. The van der Waals surface area contributed by atoms with Crippen LogP contribution >= 0.6 is 0 Å². The summed E-state index contributed by atoms with van der Waals surface area (Å²) in [7, 11) is 0. The largest absolute Gasteiger partial charge is 0.394 e. The van der Waals surface area contributed by atoms with E-state index >= 15 is 0 Å². The summed E-state index contributed by atoms with van der Waals surface area (Å²) in [5, 5.41) is 128. The minimum Gasteiger partial charge on any atom is -0.394 e. The van der Waals surface area contributed by atoms with Crippen LogP contribution < -0.4 is 0 Å². The summed E-state index contributed by atoms with van der Waals surface area (Å²) in [6, 6.07) is 0. The second-order valence-electron chi connectivity index (χ2n) is 5.97. The fraction of sp³-hybridized carbons (Fsp3) is 1.00. The van der Waals surface area contributed by atoms with Gasteiger partial charge in [0.25, 0.3) is 0 Å². The lowest BCUT2D eigenvalue weighted by molar-refractivity contribution is -0.0900. The third kappa shape index (κ3) is 15.2. The molecule has 186 valence electrons. The van der Waals surface area contributed by atoms with Crippen LogP contribution in [0.25, 0.3) is 0 Å². The molecule has 0 saturated heterocycles. The SMILES string of the molecule is OC[C@@H](O)C(O)[C@H](O)CO.OC[C@@H](O)[C@@H](O)[C@@H](O)CO.OC[C@@H](O)[C@H](O)[C@@H](O)CO. The Morgan fingerprint density at radius 1 is 0.267 bits per heavy atom. The maximum atomic E-state index is 8.77. The van der Waals surface area contributed by atoms with E-state index in [9.17, 15) is 0 Å². The Hall–Kier alpha value is -0.600. The highest BCUT2D eigenvalue weighted by Crippen LogP contribution is 1.99. The first-order valence-corrected chi connectivity index (χ1v) is 8.67. The summed E-state index contributed by atoms with van der Waals surface area (Å²) < 4.78 is 0. The van der Waals surface area contributed by atoms with Gasteiger partial charge in [-0.25, -0.2) is 0 Å². The van der Waals surface area contributed by atoms with Crippen molar-refractivity contribution in [2.45, 2.75) is 54.9 Å². The standard InChI is InChI=1S/3C5H12O5/c3*6-1-3(8)5(10)4(9)2-7/h3*3-10H,1-2H2/t3-,4+,5+;3-,4+,5-;3-,4-/m..1/s1. The summed E-state index contributed by atoms with van der Waals surface area (Å²) in [4.78, 5) is 0. The molecule has 30 heavy (non-hydrogen) atoms. The number of rotatable bonds is 12. The average Bonchev–Trinajstić information content (AvgIpc) is 2.79. The highest BCUT2D eigenvalue weighted by atomic mass is 16.4. The predicted octanol–water partition coefficient (Wildman–Crippen LogP) is -8.84. The normalized spacial score (nSPS) is 19.2. The first kappa shape index (κ1) is 34.0. The Bertz CT molecular complexity index is 281. The van der Waals surface area contributed by atoms with Crippen LogP contribution in [0.1, 0.15) is 0 Å². The molecule has 0 rings (SSSR count). The topological polar surface area (TPSA) is 303 Å². The van der Waals surface area contributed by atoms with Gasteiger partial charge in [-0.15, -0.1) is 0 Å². The van der Waals surface area contributed by atoms with E-state index in [1.165, 1.54) is 0 Å². The second kappa shape index (κ2) is 20.3. The van der Waals surface area contributed by atoms with E-state index in [4.69, 9.17) is 76.6 Å². The lowest BCUT2D eigenvalue weighted by Gasteiger charge is -2.19. The van der Waals surface area contributed by atoms with Crippen molar-refractivity contribution in [1.29, 1.82) is 0 Å². The monoisotopic (exact) mass is 456 g/mol. The molecule has 0 amide bonds. The number of hydrogen-bond acceptors (Lipinski definition) is 15. The average molecular weight is 456 g/mol. The van der Waals surface area contributed by atoms with E-state index in [1.54, 1.807) is 0 Å². The van der Waals surface area contributed by atoms with E-state index in [0.717, 1.165) is 0 Å². The fourth-order valence-corrected chi connectivity index (χ4v) is 1.42. The molecule has 8 atom stereocenters. The molecule has 0 aromatic rings. The molecule has 0 heterocycles. The van der Waals surface area contributed by atoms with Gasteiger partial charge in [0.2, 0.25) is 0 Å². The lowest BCUT2D eigenvalue weighted by Crippen LogP contribution is -2.41. The van der Waals surface area contributed by atoms with Crippen LogP contribution in [0.2, 0.25) is 0 Å². The van der Waals surface area contributed by atoms with Crippen LogP contribution in [-0.2, 0) is 0 Å². The molecule has 0 unspecified atom stereocenters. The lowest BCUT2D eigenvalue weighted by atomic mass is 10.1. The van der Waals surface area contributed by atoms with Crippen LogP contribution in [0, 0.1) is 0 Å². The molecule has 15 N–H and O–H groups in total. The second-order valence-corrected chi connectivity index (χ2v) is 5.97. The van der Waals surface area contributed by atoms with E-state index in [0.29, 0.717) is 0 Å². The van der Waals surface area contributed by atoms with E-state index in [-0.39, 0.29) is 0 Å². The van der Waals surface area contributed by atoms with Gasteiger partial charge < -0.3 is 76.6 Å². The van der Waals surface area contributed by atoms with Crippen LogP contribution in [0.4, 0.5) is 0 Å². The Balaban J connectivity index is -0.000000364. The highest BCUT2D eigenvalue weighted by Gasteiger charge is 2.24. The molecule has 0 radical (unpaired) electrons. The Kier molecular flexibility index (Phi) is 23.0. The van der Waals surface area contributed by atoms with Gasteiger partial charge >= 0.3 is 0 Å². The van der Waals surface area contributed by atoms with Gasteiger partial charge in [-0.2, -0.15) is 0 Å². The summed E-state index contributed by atoms with van der Waals surface area (Å²) in [6.45, 7) is -3.84. The minimum atomic E-state index is -1.49. The van der Waals surface area contributed by atoms with Gasteiger partial charge in [-0.05, 0) is 0 Å². The summed E-state index contributed by atoms with van der Waals surface area (Å²) >= 11 is 0. The van der Waals surface area contributed by atoms with Crippen molar-refractivity contribution in [2.24, 2.45) is 0 Å². The third-order valence-electron chi connectivity index (χ3n) is 3.49. The molecule has 15 heteroatoms.